The van der Waals surface area contributed by atoms with Crippen molar-refractivity contribution >= 4 is 23.8 Å². The number of carboxylic acids is 1. The topological polar surface area (TPSA) is 137 Å². The fourth-order valence-corrected chi connectivity index (χ4v) is 8.91. The molecule has 4 N–H and O–H groups in total. The van der Waals surface area contributed by atoms with Gasteiger partial charge in [-0.05, 0) is 106 Å². The van der Waals surface area contributed by atoms with Crippen LogP contribution in [0.4, 0.5) is 17.8 Å². The molecule has 2 aliphatic heterocycles. The summed E-state index contributed by atoms with van der Waals surface area (Å²) in [5.74, 6) is 1.25. The highest BCUT2D eigenvalue weighted by molar-refractivity contribution is 5.67. The van der Waals surface area contributed by atoms with Crippen LogP contribution in [0.25, 0.3) is 0 Å². The van der Waals surface area contributed by atoms with Gasteiger partial charge >= 0.3 is 5.97 Å². The first-order chi connectivity index (χ1) is 21.4. The lowest BCUT2D eigenvalue weighted by molar-refractivity contribution is -0.272. The summed E-state index contributed by atoms with van der Waals surface area (Å²) in [5, 5.41) is 24.1. The Hall–Kier alpha value is -2.28. The lowest BCUT2D eigenvalue weighted by atomic mass is 9.71. The minimum Gasteiger partial charge on any atom is -0.481 e. The van der Waals surface area contributed by atoms with E-state index in [9.17, 15) is 9.90 Å². The fourth-order valence-electron chi connectivity index (χ4n) is 8.91. The van der Waals surface area contributed by atoms with Crippen molar-refractivity contribution in [1.82, 2.24) is 25.1 Å². The Balaban J connectivity index is 1.94. The molecule has 2 unspecified atom stereocenters. The van der Waals surface area contributed by atoms with Gasteiger partial charge in [0.25, 0.3) is 0 Å². The van der Waals surface area contributed by atoms with Crippen LogP contribution in [0.3, 0.4) is 0 Å². The molecule has 1 aromatic heterocycles. The van der Waals surface area contributed by atoms with Crippen LogP contribution in [0, 0.1) is 11.8 Å². The number of hydroxylamine groups is 4. The van der Waals surface area contributed by atoms with Gasteiger partial charge in [-0.1, -0.05) is 26.7 Å². The average molecular weight is 649 g/mol. The maximum atomic E-state index is 11.3. The first-order valence-corrected chi connectivity index (χ1v) is 17.3. The molecular formula is C34H64N8O4. The Morgan fingerprint density at radius 3 is 1.39 bits per heavy atom. The normalized spacial score (nSPS) is 23.0. The number of hydrogen-bond donors (Lipinski definition) is 4. The predicted molar refractivity (Wildman–Crippen MR) is 185 cm³/mol. The molecule has 46 heavy (non-hydrogen) atoms. The number of aliphatic carboxylic acids is 1. The van der Waals surface area contributed by atoms with E-state index in [0.717, 1.165) is 51.4 Å². The third kappa shape index (κ3) is 9.41. The molecule has 2 fully saturated rings. The average Bonchev–Trinajstić information content (AvgIpc) is 2.90. The van der Waals surface area contributed by atoms with Gasteiger partial charge in [-0.2, -0.15) is 25.1 Å². The summed E-state index contributed by atoms with van der Waals surface area (Å²) in [4.78, 5) is 37.5. The zero-order valence-electron chi connectivity index (χ0n) is 30.8. The van der Waals surface area contributed by atoms with Crippen molar-refractivity contribution in [2.75, 3.05) is 36.7 Å². The Kier molecular flexibility index (Phi) is 12.7. The molecule has 0 aromatic carbocycles. The van der Waals surface area contributed by atoms with Crippen molar-refractivity contribution in [2.45, 2.75) is 161 Å². The molecule has 1 aromatic rings. The van der Waals surface area contributed by atoms with E-state index in [2.05, 4.69) is 95.3 Å². The van der Waals surface area contributed by atoms with Crippen molar-refractivity contribution < 1.29 is 19.6 Å². The predicted octanol–water partition coefficient (Wildman–Crippen LogP) is 6.58. The van der Waals surface area contributed by atoms with E-state index in [0.29, 0.717) is 29.7 Å². The first kappa shape index (κ1) is 38.2. The summed E-state index contributed by atoms with van der Waals surface area (Å²) in [6, 6.07) is 0.298. The zero-order chi connectivity index (χ0) is 34.5. The van der Waals surface area contributed by atoms with E-state index in [-0.39, 0.29) is 47.2 Å². The first-order valence-electron chi connectivity index (χ1n) is 17.3. The number of carbonyl (C=O) groups is 1. The van der Waals surface area contributed by atoms with E-state index in [4.69, 9.17) is 24.6 Å². The minimum atomic E-state index is -0.871. The smallest absolute Gasteiger partial charge is 0.305 e. The maximum Gasteiger partial charge on any atom is 0.305 e. The molecule has 264 valence electrons. The number of rotatable bonds is 16. The number of anilines is 3. The van der Waals surface area contributed by atoms with Crippen LogP contribution in [0.2, 0.25) is 0 Å². The van der Waals surface area contributed by atoms with Crippen molar-refractivity contribution in [2.24, 2.45) is 11.8 Å². The molecule has 2 saturated heterocycles. The SMILES string of the molecule is CCCC(Nc1nc(NCCC(=O)O)nc(NC(CCC)C2CC(C)(C)N(OC)C(C)(C)C2)n1)C1CC(C)(C)N(OC)C(C)(C)C1. The molecule has 3 heterocycles. The summed E-state index contributed by atoms with van der Waals surface area (Å²) in [6.07, 6.45) is 7.82. The van der Waals surface area contributed by atoms with Gasteiger partial charge < -0.3 is 30.7 Å². The zero-order valence-corrected chi connectivity index (χ0v) is 30.8. The number of nitrogens with one attached hydrogen (secondary N) is 3. The van der Waals surface area contributed by atoms with Crippen molar-refractivity contribution in [3.8, 4) is 0 Å². The Bertz CT molecular complexity index is 1030. The summed E-state index contributed by atoms with van der Waals surface area (Å²) < 4.78 is 0. The number of hydrogen-bond acceptors (Lipinski definition) is 11. The molecule has 0 saturated carbocycles. The number of piperidine rings is 2. The summed E-state index contributed by atoms with van der Waals surface area (Å²) in [7, 11) is 3.52. The van der Waals surface area contributed by atoms with Gasteiger partial charge in [-0.15, -0.1) is 0 Å². The summed E-state index contributed by atoms with van der Waals surface area (Å²) >= 11 is 0. The van der Waals surface area contributed by atoms with Crippen LogP contribution >= 0.6 is 0 Å². The second-order valence-corrected chi connectivity index (χ2v) is 16.0. The third-order valence-electron chi connectivity index (χ3n) is 9.84. The molecule has 0 aliphatic carbocycles. The van der Waals surface area contributed by atoms with E-state index in [1.54, 1.807) is 14.2 Å². The van der Waals surface area contributed by atoms with Crippen LogP contribution in [-0.2, 0) is 14.5 Å². The molecule has 0 bridgehead atoms. The van der Waals surface area contributed by atoms with E-state index >= 15 is 0 Å². The van der Waals surface area contributed by atoms with Crippen molar-refractivity contribution in [3.05, 3.63) is 0 Å². The monoisotopic (exact) mass is 649 g/mol. The summed E-state index contributed by atoms with van der Waals surface area (Å²) in [5.41, 5.74) is -0.565. The van der Waals surface area contributed by atoms with Gasteiger partial charge in [0.05, 0.1) is 20.6 Å². The molecule has 0 spiro atoms. The van der Waals surface area contributed by atoms with Crippen molar-refractivity contribution in [3.63, 3.8) is 0 Å². The van der Waals surface area contributed by atoms with Crippen molar-refractivity contribution in [1.29, 1.82) is 0 Å². The second-order valence-electron chi connectivity index (χ2n) is 16.0. The molecule has 3 rings (SSSR count). The van der Waals surface area contributed by atoms with Gasteiger partial charge in [0.1, 0.15) is 0 Å². The van der Waals surface area contributed by atoms with Crippen LogP contribution in [0.5, 0.6) is 0 Å². The largest absolute Gasteiger partial charge is 0.481 e. The fraction of sp³-hybridized carbons (Fsp3) is 0.882. The van der Waals surface area contributed by atoms with Crippen LogP contribution in [-0.4, -0.2) is 91.2 Å². The molecule has 2 atom stereocenters. The van der Waals surface area contributed by atoms with Gasteiger partial charge in [-0.25, -0.2) is 0 Å². The van der Waals surface area contributed by atoms with Gasteiger partial charge in [0.2, 0.25) is 17.8 Å². The van der Waals surface area contributed by atoms with Gasteiger partial charge in [0.15, 0.2) is 0 Å². The van der Waals surface area contributed by atoms with Gasteiger partial charge in [-0.3, -0.25) is 4.79 Å². The lowest BCUT2D eigenvalue weighted by Gasteiger charge is -2.54. The molecule has 12 heteroatoms. The third-order valence-corrected chi connectivity index (χ3v) is 9.84. The van der Waals surface area contributed by atoms with Crippen LogP contribution in [0.1, 0.15) is 127 Å². The molecule has 0 amide bonds. The highest BCUT2D eigenvalue weighted by Gasteiger charge is 2.49. The quantitative estimate of drug-likeness (QED) is 0.154. The van der Waals surface area contributed by atoms with E-state index in [1.807, 2.05) is 0 Å². The number of nitrogens with zero attached hydrogens (tertiary/aromatic N) is 5. The van der Waals surface area contributed by atoms with Gasteiger partial charge in [0, 0.05) is 40.8 Å². The molecular weight excluding hydrogens is 584 g/mol. The van der Waals surface area contributed by atoms with E-state index < -0.39 is 5.97 Å². The standard InChI is InChI=1S/C34H64N8O4/c1-13-15-25(23-19-31(3,4)41(45-11)32(5,6)20-23)36-29-38-28(35-18-17-27(43)44)39-30(40-29)37-26(16-14-2)24-21-33(7,8)42(46-12)34(9,10)22-24/h23-26H,13-22H2,1-12H3,(H,43,44)(H3,35,36,37,38,39,40). The van der Waals surface area contributed by atoms with Crippen LogP contribution < -0.4 is 16.0 Å². The maximum absolute atomic E-state index is 11.3. The second kappa shape index (κ2) is 15.3. The highest BCUT2D eigenvalue weighted by Crippen LogP contribution is 2.45. The Morgan fingerprint density at radius 2 is 1.09 bits per heavy atom. The van der Waals surface area contributed by atoms with Crippen LogP contribution in [0.15, 0.2) is 0 Å². The molecule has 0 radical (unpaired) electrons. The lowest BCUT2D eigenvalue weighted by Crippen LogP contribution is -2.61. The molecule has 12 nitrogen and oxygen atoms in total. The number of aromatic nitrogens is 3. The highest BCUT2D eigenvalue weighted by atomic mass is 16.7. The Morgan fingerprint density at radius 1 is 0.739 bits per heavy atom. The summed E-state index contributed by atoms with van der Waals surface area (Å²) in [6.45, 7) is 22.6. The molecule has 2 aliphatic rings. The number of carboxylic acid groups (broad SMARTS) is 1. The van der Waals surface area contributed by atoms with E-state index in [1.165, 1.54) is 0 Å². The minimum absolute atomic E-state index is 0.0292. The Labute approximate surface area is 278 Å².